The van der Waals surface area contributed by atoms with Gasteiger partial charge >= 0.3 is 5.91 Å². The fraction of sp³-hybridized carbons (Fsp3) is 0.158. The van der Waals surface area contributed by atoms with Gasteiger partial charge in [0.25, 0.3) is 0 Å². The van der Waals surface area contributed by atoms with Gasteiger partial charge in [-0.1, -0.05) is 30.3 Å². The molecule has 0 fully saturated rings. The molecule has 0 spiro atoms. The van der Waals surface area contributed by atoms with Crippen molar-refractivity contribution in [2.45, 2.75) is 18.2 Å². The van der Waals surface area contributed by atoms with Gasteiger partial charge in [-0.15, -0.1) is 0 Å². The van der Waals surface area contributed by atoms with Crippen molar-refractivity contribution in [1.29, 1.82) is 0 Å². The fourth-order valence-corrected chi connectivity index (χ4v) is 4.71. The number of para-hydroxylation sites is 1. The van der Waals surface area contributed by atoms with Crippen molar-refractivity contribution in [3.8, 4) is 0 Å². The first-order valence-corrected chi connectivity index (χ1v) is 10.9. The van der Waals surface area contributed by atoms with E-state index < -0.39 is 21.8 Å². The lowest BCUT2D eigenvalue weighted by Gasteiger charge is -2.09. The minimum atomic E-state index is -3.76. The zero-order chi connectivity index (χ0) is 21.0. The van der Waals surface area contributed by atoms with Crippen LogP contribution in [0.25, 0.3) is 11.0 Å². The molecule has 152 valence electrons. The van der Waals surface area contributed by atoms with Crippen LogP contribution in [0.15, 0.2) is 62.3 Å². The summed E-state index contributed by atoms with van der Waals surface area (Å²) < 4.78 is 32.8. The Bertz CT molecular complexity index is 1170. The van der Waals surface area contributed by atoms with Crippen molar-refractivity contribution >= 4 is 48.7 Å². The van der Waals surface area contributed by atoms with E-state index in [1.165, 1.54) is 6.07 Å². The molecule has 3 rings (SSSR count). The first kappa shape index (κ1) is 21.0. The largest absolute Gasteiger partial charge is 0.451 e. The first-order chi connectivity index (χ1) is 13.8. The third-order valence-electron chi connectivity index (χ3n) is 4.14. The summed E-state index contributed by atoms with van der Waals surface area (Å²) in [6.45, 7) is 1.62. The predicted molar refractivity (Wildman–Crippen MR) is 111 cm³/mol. The van der Waals surface area contributed by atoms with Gasteiger partial charge in [0.1, 0.15) is 5.58 Å². The highest BCUT2D eigenvalue weighted by Gasteiger charge is 2.19. The topological polar surface area (TPSA) is 118 Å². The second kappa shape index (κ2) is 8.76. The summed E-state index contributed by atoms with van der Waals surface area (Å²) in [7, 11) is -3.76. The molecular weight excluding hydrogens is 462 g/mol. The summed E-state index contributed by atoms with van der Waals surface area (Å²) in [5, 5.41) is 0.811. The molecule has 3 aromatic rings. The number of hydrogen-bond acceptors (Lipinski definition) is 5. The molecule has 0 radical (unpaired) electrons. The van der Waals surface area contributed by atoms with Crippen LogP contribution < -0.4 is 15.6 Å². The third kappa shape index (κ3) is 4.84. The summed E-state index contributed by atoms with van der Waals surface area (Å²) in [6, 6.07) is 13.6. The highest BCUT2D eigenvalue weighted by atomic mass is 79.9. The first-order valence-electron chi connectivity index (χ1n) is 8.61. The molecule has 10 heteroatoms. The maximum atomic E-state index is 12.3. The standard InChI is InChI=1S/C19H18BrN3O5S/c1-12-13-6-2-4-8-15(13)28-18(12)19(25)23-22-17(24)10-11-21-29(26,27)16-9-5-3-7-14(16)20/h2-9,21H,10-11H2,1H3,(H,22,24)(H,23,25). The number of halogens is 1. The zero-order valence-electron chi connectivity index (χ0n) is 15.4. The molecule has 3 N–H and O–H groups in total. The van der Waals surface area contributed by atoms with Gasteiger partial charge < -0.3 is 4.42 Å². The van der Waals surface area contributed by atoms with E-state index in [4.69, 9.17) is 4.42 Å². The lowest BCUT2D eigenvalue weighted by molar-refractivity contribution is -0.121. The van der Waals surface area contributed by atoms with Gasteiger partial charge in [0.2, 0.25) is 15.9 Å². The van der Waals surface area contributed by atoms with Crippen molar-refractivity contribution in [3.05, 3.63) is 64.3 Å². The Morgan fingerprint density at radius 3 is 2.45 bits per heavy atom. The van der Waals surface area contributed by atoms with Crippen molar-refractivity contribution < 1.29 is 22.4 Å². The summed E-state index contributed by atoms with van der Waals surface area (Å²) in [5.74, 6) is -1.05. The van der Waals surface area contributed by atoms with Gasteiger partial charge in [0.15, 0.2) is 5.76 Å². The number of furan rings is 1. The van der Waals surface area contributed by atoms with E-state index in [0.29, 0.717) is 15.6 Å². The van der Waals surface area contributed by atoms with Gasteiger partial charge in [0.05, 0.1) is 4.90 Å². The number of aryl methyl sites for hydroxylation is 1. The van der Waals surface area contributed by atoms with Gasteiger partial charge in [-0.05, 0) is 41.1 Å². The number of benzene rings is 2. The van der Waals surface area contributed by atoms with Gasteiger partial charge in [-0.25, -0.2) is 13.1 Å². The number of hydrazine groups is 1. The Balaban J connectivity index is 1.51. The van der Waals surface area contributed by atoms with E-state index in [2.05, 4.69) is 31.5 Å². The van der Waals surface area contributed by atoms with Crippen LogP contribution in [-0.4, -0.2) is 26.8 Å². The molecule has 0 aliphatic heterocycles. The van der Waals surface area contributed by atoms with Crippen LogP contribution >= 0.6 is 15.9 Å². The quantitative estimate of drug-likeness (QED) is 0.469. The normalized spacial score (nSPS) is 11.4. The highest BCUT2D eigenvalue weighted by Crippen LogP contribution is 2.24. The number of amides is 2. The molecule has 0 aliphatic rings. The maximum Gasteiger partial charge on any atom is 0.305 e. The Kier molecular flexibility index (Phi) is 6.36. The lowest BCUT2D eigenvalue weighted by Crippen LogP contribution is -2.42. The van der Waals surface area contributed by atoms with Crippen molar-refractivity contribution in [2.24, 2.45) is 0 Å². The number of fused-ring (bicyclic) bond motifs is 1. The molecule has 0 saturated heterocycles. The number of hydrogen-bond donors (Lipinski definition) is 3. The molecule has 29 heavy (non-hydrogen) atoms. The number of rotatable bonds is 6. The number of carbonyl (C=O) groups excluding carboxylic acids is 2. The van der Waals surface area contributed by atoms with Crippen molar-refractivity contribution in [2.75, 3.05) is 6.54 Å². The molecule has 0 bridgehead atoms. The molecule has 0 aliphatic carbocycles. The summed E-state index contributed by atoms with van der Waals surface area (Å²) in [6.07, 6.45) is -0.164. The van der Waals surface area contributed by atoms with Crippen LogP contribution in [0.4, 0.5) is 0 Å². The van der Waals surface area contributed by atoms with Crippen molar-refractivity contribution in [3.63, 3.8) is 0 Å². The van der Waals surface area contributed by atoms with Gasteiger partial charge in [-0.3, -0.25) is 20.4 Å². The fourth-order valence-electron chi connectivity index (χ4n) is 2.68. The Hall–Kier alpha value is -2.69. The second-order valence-electron chi connectivity index (χ2n) is 6.13. The van der Waals surface area contributed by atoms with Crippen LogP contribution in [0.5, 0.6) is 0 Å². The second-order valence-corrected chi connectivity index (χ2v) is 8.72. The summed E-state index contributed by atoms with van der Waals surface area (Å²) in [4.78, 5) is 24.3. The SMILES string of the molecule is Cc1c(C(=O)NNC(=O)CCNS(=O)(=O)c2ccccc2Br)oc2ccccc12. The lowest BCUT2D eigenvalue weighted by atomic mass is 10.1. The highest BCUT2D eigenvalue weighted by molar-refractivity contribution is 9.10. The Morgan fingerprint density at radius 2 is 1.72 bits per heavy atom. The van der Waals surface area contributed by atoms with E-state index in [1.54, 1.807) is 37.3 Å². The van der Waals surface area contributed by atoms with E-state index >= 15 is 0 Å². The number of carbonyl (C=O) groups is 2. The zero-order valence-corrected chi connectivity index (χ0v) is 17.8. The van der Waals surface area contributed by atoms with Crippen LogP contribution in [0, 0.1) is 6.92 Å². The van der Waals surface area contributed by atoms with Gasteiger partial charge in [-0.2, -0.15) is 0 Å². The minimum absolute atomic E-state index is 0.0778. The van der Waals surface area contributed by atoms with Crippen LogP contribution in [0.1, 0.15) is 22.5 Å². The number of nitrogens with one attached hydrogen (secondary N) is 3. The van der Waals surface area contributed by atoms with E-state index in [-0.39, 0.29) is 23.6 Å². The summed E-state index contributed by atoms with van der Waals surface area (Å²) >= 11 is 3.18. The van der Waals surface area contributed by atoms with Crippen LogP contribution in [0.3, 0.4) is 0 Å². The Morgan fingerprint density at radius 1 is 1.03 bits per heavy atom. The molecule has 1 heterocycles. The molecule has 1 aromatic heterocycles. The molecule has 8 nitrogen and oxygen atoms in total. The van der Waals surface area contributed by atoms with Crippen molar-refractivity contribution in [1.82, 2.24) is 15.6 Å². The smallest absolute Gasteiger partial charge is 0.305 e. The minimum Gasteiger partial charge on any atom is -0.451 e. The average molecular weight is 480 g/mol. The Labute approximate surface area is 175 Å². The molecule has 0 unspecified atom stereocenters. The molecule has 0 atom stereocenters. The summed E-state index contributed by atoms with van der Waals surface area (Å²) in [5.41, 5.74) is 5.75. The third-order valence-corrected chi connectivity index (χ3v) is 6.61. The van der Waals surface area contributed by atoms with Gasteiger partial charge in [0, 0.05) is 28.4 Å². The van der Waals surface area contributed by atoms with Crippen LogP contribution in [0.2, 0.25) is 0 Å². The molecular formula is C19H18BrN3O5S. The van der Waals surface area contributed by atoms with E-state index in [9.17, 15) is 18.0 Å². The number of sulfonamides is 1. The maximum absolute atomic E-state index is 12.3. The average Bonchev–Trinajstić information content (AvgIpc) is 3.03. The molecule has 2 amide bonds. The van der Waals surface area contributed by atoms with E-state index in [0.717, 1.165) is 5.39 Å². The predicted octanol–water partition coefficient (Wildman–Crippen LogP) is 2.63. The molecule has 0 saturated carbocycles. The monoisotopic (exact) mass is 479 g/mol. The van der Waals surface area contributed by atoms with Crippen LogP contribution in [-0.2, 0) is 14.8 Å². The molecule has 2 aromatic carbocycles. The van der Waals surface area contributed by atoms with E-state index in [1.807, 2.05) is 12.1 Å².